The van der Waals surface area contributed by atoms with Crippen LogP contribution in [0.5, 0.6) is 0 Å². The van der Waals surface area contributed by atoms with Crippen LogP contribution in [0.2, 0.25) is 5.02 Å². The van der Waals surface area contributed by atoms with Gasteiger partial charge in [0.25, 0.3) is 0 Å². The summed E-state index contributed by atoms with van der Waals surface area (Å²) in [5.41, 5.74) is 1.37. The molecule has 1 saturated heterocycles. The van der Waals surface area contributed by atoms with E-state index >= 15 is 0 Å². The standard InChI is InChI=1S/C18H24ClN5S/c1-13(14-6-9-25-12-14)10-22-18(20-2)23-15-5-8-24(11-15)17-16(19)4-3-7-21-17/h3-4,6-7,9,12-13,15H,5,8,10-11H2,1-2H3,(H2,20,22,23). The first kappa shape index (κ1) is 18.0. The molecule has 25 heavy (non-hydrogen) atoms. The minimum Gasteiger partial charge on any atom is -0.356 e. The van der Waals surface area contributed by atoms with E-state index in [2.05, 4.69) is 49.3 Å². The van der Waals surface area contributed by atoms with Crippen molar-refractivity contribution in [1.82, 2.24) is 15.6 Å². The molecule has 3 rings (SSSR count). The van der Waals surface area contributed by atoms with E-state index in [-0.39, 0.29) is 0 Å². The van der Waals surface area contributed by atoms with E-state index in [1.165, 1.54) is 5.56 Å². The van der Waals surface area contributed by atoms with Gasteiger partial charge >= 0.3 is 0 Å². The number of aromatic nitrogens is 1. The van der Waals surface area contributed by atoms with E-state index in [1.54, 1.807) is 17.5 Å². The molecule has 0 radical (unpaired) electrons. The number of thiophene rings is 1. The Morgan fingerprint density at radius 2 is 2.40 bits per heavy atom. The summed E-state index contributed by atoms with van der Waals surface area (Å²) in [6.45, 7) is 4.90. The van der Waals surface area contributed by atoms with Crippen LogP contribution in [-0.2, 0) is 0 Å². The average Bonchev–Trinajstić information content (AvgIpc) is 3.30. The predicted molar refractivity (Wildman–Crippen MR) is 107 cm³/mol. The van der Waals surface area contributed by atoms with Gasteiger partial charge in [-0.25, -0.2) is 4.98 Å². The molecule has 1 fully saturated rings. The van der Waals surface area contributed by atoms with Crippen LogP contribution in [0, 0.1) is 0 Å². The first-order valence-electron chi connectivity index (χ1n) is 8.52. The minimum atomic E-state index is 0.334. The summed E-state index contributed by atoms with van der Waals surface area (Å²) < 4.78 is 0. The fraction of sp³-hybridized carbons (Fsp3) is 0.444. The van der Waals surface area contributed by atoms with E-state index in [9.17, 15) is 0 Å². The van der Waals surface area contributed by atoms with Gasteiger partial charge in [-0.1, -0.05) is 18.5 Å². The number of hydrogen-bond acceptors (Lipinski definition) is 4. The topological polar surface area (TPSA) is 52.6 Å². The Labute approximate surface area is 158 Å². The highest BCUT2D eigenvalue weighted by Crippen LogP contribution is 2.25. The molecule has 2 N–H and O–H groups in total. The van der Waals surface area contributed by atoms with E-state index in [0.717, 1.165) is 37.8 Å². The summed E-state index contributed by atoms with van der Waals surface area (Å²) in [6, 6.07) is 6.26. The highest BCUT2D eigenvalue weighted by atomic mass is 35.5. The van der Waals surface area contributed by atoms with E-state index < -0.39 is 0 Å². The maximum absolute atomic E-state index is 6.26. The summed E-state index contributed by atoms with van der Waals surface area (Å²) in [6.07, 6.45) is 2.82. The number of aliphatic imine (C=N–C) groups is 1. The van der Waals surface area contributed by atoms with Crippen molar-refractivity contribution in [3.05, 3.63) is 45.7 Å². The van der Waals surface area contributed by atoms with Crippen LogP contribution in [0.3, 0.4) is 0 Å². The molecular weight excluding hydrogens is 354 g/mol. The van der Waals surface area contributed by atoms with Gasteiger partial charge in [0.15, 0.2) is 5.96 Å². The molecule has 0 spiro atoms. The van der Waals surface area contributed by atoms with Gasteiger partial charge in [-0.2, -0.15) is 11.3 Å². The van der Waals surface area contributed by atoms with E-state index in [1.807, 2.05) is 19.2 Å². The zero-order chi connectivity index (χ0) is 17.6. The zero-order valence-corrected chi connectivity index (χ0v) is 16.1. The largest absolute Gasteiger partial charge is 0.356 e. The van der Waals surface area contributed by atoms with Crippen molar-refractivity contribution in [2.45, 2.75) is 25.3 Å². The summed E-state index contributed by atoms with van der Waals surface area (Å²) >= 11 is 8.00. The van der Waals surface area contributed by atoms with Gasteiger partial charge in [-0.3, -0.25) is 4.99 Å². The molecule has 3 heterocycles. The maximum Gasteiger partial charge on any atom is 0.191 e. The van der Waals surface area contributed by atoms with Crippen molar-refractivity contribution in [3.63, 3.8) is 0 Å². The van der Waals surface area contributed by atoms with Gasteiger partial charge in [0, 0.05) is 38.9 Å². The summed E-state index contributed by atoms with van der Waals surface area (Å²) in [7, 11) is 1.81. The second-order valence-corrected chi connectivity index (χ2v) is 7.48. The van der Waals surface area contributed by atoms with E-state index in [4.69, 9.17) is 11.6 Å². The van der Waals surface area contributed by atoms with Gasteiger partial charge in [-0.15, -0.1) is 0 Å². The monoisotopic (exact) mass is 377 g/mol. The SMILES string of the molecule is CN=C(NCC(C)c1ccsc1)NC1CCN(c2ncccc2Cl)C1. The predicted octanol–water partition coefficient (Wildman–Crippen LogP) is 3.34. The number of nitrogens with zero attached hydrogens (tertiary/aromatic N) is 3. The third-order valence-electron chi connectivity index (χ3n) is 4.48. The minimum absolute atomic E-state index is 0.334. The first-order valence-corrected chi connectivity index (χ1v) is 9.84. The molecule has 0 bridgehead atoms. The van der Waals surface area contributed by atoms with Crippen molar-refractivity contribution >= 4 is 34.7 Å². The molecule has 0 aromatic carbocycles. The molecule has 5 nitrogen and oxygen atoms in total. The summed E-state index contributed by atoms with van der Waals surface area (Å²) in [5.74, 6) is 2.17. The molecule has 0 aliphatic carbocycles. The van der Waals surface area contributed by atoms with Crippen LogP contribution in [0.1, 0.15) is 24.8 Å². The van der Waals surface area contributed by atoms with Crippen molar-refractivity contribution < 1.29 is 0 Å². The molecule has 0 amide bonds. The lowest BCUT2D eigenvalue weighted by atomic mass is 10.1. The van der Waals surface area contributed by atoms with Gasteiger partial charge in [0.2, 0.25) is 0 Å². The van der Waals surface area contributed by atoms with Crippen LogP contribution in [0.4, 0.5) is 5.82 Å². The second kappa shape index (κ2) is 8.54. The normalized spacial score (nSPS) is 19.1. The highest BCUT2D eigenvalue weighted by molar-refractivity contribution is 7.07. The molecular formula is C18H24ClN5S. The van der Waals surface area contributed by atoms with Gasteiger partial charge in [0.05, 0.1) is 5.02 Å². The van der Waals surface area contributed by atoms with Gasteiger partial charge in [-0.05, 0) is 46.9 Å². The van der Waals surface area contributed by atoms with E-state index in [0.29, 0.717) is 17.0 Å². The number of nitrogens with one attached hydrogen (secondary N) is 2. The highest BCUT2D eigenvalue weighted by Gasteiger charge is 2.25. The number of pyridine rings is 1. The van der Waals surface area contributed by atoms with Crippen molar-refractivity contribution in [2.24, 2.45) is 4.99 Å². The van der Waals surface area contributed by atoms with Crippen molar-refractivity contribution in [1.29, 1.82) is 0 Å². The number of guanidine groups is 1. The third kappa shape index (κ3) is 4.64. The third-order valence-corrected chi connectivity index (χ3v) is 5.48. The molecule has 2 aromatic heterocycles. The number of halogens is 1. The van der Waals surface area contributed by atoms with Crippen LogP contribution in [-0.4, -0.2) is 43.7 Å². The molecule has 7 heteroatoms. The Bertz CT molecular complexity index is 703. The molecule has 0 saturated carbocycles. The van der Waals surface area contributed by atoms with Crippen molar-refractivity contribution in [2.75, 3.05) is 31.6 Å². The quantitative estimate of drug-likeness (QED) is 0.619. The molecule has 1 aliphatic rings. The summed E-state index contributed by atoms with van der Waals surface area (Å²) in [5, 5.41) is 12.0. The molecule has 2 aromatic rings. The Hall–Kier alpha value is -1.79. The molecule has 1 aliphatic heterocycles. The average molecular weight is 378 g/mol. The molecule has 2 unspecified atom stereocenters. The Kier molecular flexibility index (Phi) is 6.15. The van der Waals surface area contributed by atoms with Gasteiger partial charge in [0.1, 0.15) is 5.82 Å². The summed E-state index contributed by atoms with van der Waals surface area (Å²) in [4.78, 5) is 11.0. The lowest BCUT2D eigenvalue weighted by molar-refractivity contribution is 0.634. The maximum atomic E-state index is 6.26. The Morgan fingerprint density at radius 1 is 1.52 bits per heavy atom. The van der Waals surface area contributed by atoms with Crippen LogP contribution in [0.25, 0.3) is 0 Å². The number of anilines is 1. The van der Waals surface area contributed by atoms with Crippen LogP contribution >= 0.6 is 22.9 Å². The van der Waals surface area contributed by atoms with Crippen LogP contribution in [0.15, 0.2) is 40.1 Å². The Balaban J connectivity index is 1.50. The fourth-order valence-corrected chi connectivity index (χ4v) is 4.01. The van der Waals surface area contributed by atoms with Gasteiger partial charge < -0.3 is 15.5 Å². The zero-order valence-electron chi connectivity index (χ0n) is 14.6. The Morgan fingerprint density at radius 3 is 3.12 bits per heavy atom. The van der Waals surface area contributed by atoms with Crippen LogP contribution < -0.4 is 15.5 Å². The number of rotatable bonds is 5. The second-order valence-electron chi connectivity index (χ2n) is 6.30. The molecule has 134 valence electrons. The molecule has 2 atom stereocenters. The first-order chi connectivity index (χ1) is 12.2. The lowest BCUT2D eigenvalue weighted by Crippen LogP contribution is -2.45. The number of hydrogen-bond donors (Lipinski definition) is 2. The fourth-order valence-electron chi connectivity index (χ4n) is 2.99. The lowest BCUT2D eigenvalue weighted by Gasteiger charge is -2.21. The van der Waals surface area contributed by atoms with Crippen molar-refractivity contribution in [3.8, 4) is 0 Å². The smallest absolute Gasteiger partial charge is 0.191 e.